The fourth-order valence-corrected chi connectivity index (χ4v) is 6.14. The number of aryl methyl sites for hydroxylation is 2. The zero-order valence-electron chi connectivity index (χ0n) is 16.1. The van der Waals surface area contributed by atoms with Crippen molar-refractivity contribution >= 4 is 25.7 Å². The predicted octanol–water partition coefficient (Wildman–Crippen LogP) is 2.90. The van der Waals surface area contributed by atoms with E-state index < -0.39 is 20.0 Å². The van der Waals surface area contributed by atoms with Gasteiger partial charge < -0.3 is 4.74 Å². The topological polar surface area (TPSA) is 92.8 Å². The third kappa shape index (κ3) is 4.01. The summed E-state index contributed by atoms with van der Waals surface area (Å²) in [5, 5.41) is 0. The molecule has 0 radical (unpaired) electrons. The summed E-state index contributed by atoms with van der Waals surface area (Å²) in [7, 11) is -5.82. The van der Waals surface area contributed by atoms with Gasteiger partial charge >= 0.3 is 0 Å². The molecule has 1 fully saturated rings. The molecule has 1 aliphatic heterocycles. The maximum atomic E-state index is 12.8. The Kier molecular flexibility index (Phi) is 5.69. The summed E-state index contributed by atoms with van der Waals surface area (Å²) in [5.74, 6) is 0.618. The molecule has 0 atom stereocenters. The molecule has 0 saturated carbocycles. The van der Waals surface area contributed by atoms with E-state index >= 15 is 0 Å². The van der Waals surface area contributed by atoms with Crippen LogP contribution in [0, 0.1) is 13.8 Å². The van der Waals surface area contributed by atoms with Crippen molar-refractivity contribution in [1.29, 1.82) is 0 Å². The third-order valence-corrected chi connectivity index (χ3v) is 8.23. The molecular weight excluding hydrogens is 400 g/mol. The van der Waals surface area contributed by atoms with Crippen LogP contribution in [-0.2, 0) is 20.0 Å². The number of nitrogens with one attached hydrogen (secondary N) is 1. The van der Waals surface area contributed by atoms with Crippen LogP contribution in [-0.4, -0.2) is 41.3 Å². The number of hydrogen-bond acceptors (Lipinski definition) is 5. The first-order chi connectivity index (χ1) is 13.1. The van der Waals surface area contributed by atoms with Gasteiger partial charge in [-0.1, -0.05) is 0 Å². The molecule has 9 heteroatoms. The van der Waals surface area contributed by atoms with Crippen molar-refractivity contribution in [1.82, 2.24) is 4.31 Å². The van der Waals surface area contributed by atoms with Gasteiger partial charge in [-0.3, -0.25) is 4.72 Å². The number of rotatable bonds is 6. The van der Waals surface area contributed by atoms with Gasteiger partial charge in [-0.2, -0.15) is 4.31 Å². The quantitative estimate of drug-likeness (QED) is 0.770. The van der Waals surface area contributed by atoms with Crippen LogP contribution in [0.5, 0.6) is 5.75 Å². The summed E-state index contributed by atoms with van der Waals surface area (Å²) in [4.78, 5) is 0.313. The number of anilines is 1. The normalized spacial score (nSPS) is 15.5. The predicted molar refractivity (Wildman–Crippen MR) is 108 cm³/mol. The minimum atomic E-state index is -3.82. The SMILES string of the molecule is COc1cc(C)c(S(=O)(=O)Nc2ccc(S(=O)(=O)N3CCCC3)cc2)cc1C. The van der Waals surface area contributed by atoms with Crippen LogP contribution in [0.3, 0.4) is 0 Å². The lowest BCUT2D eigenvalue weighted by Crippen LogP contribution is -2.27. The minimum Gasteiger partial charge on any atom is -0.496 e. The summed E-state index contributed by atoms with van der Waals surface area (Å²) in [6.45, 7) is 4.51. The molecule has 28 heavy (non-hydrogen) atoms. The molecule has 1 N–H and O–H groups in total. The van der Waals surface area contributed by atoms with Crippen molar-refractivity contribution in [2.45, 2.75) is 36.5 Å². The average Bonchev–Trinajstić information content (AvgIpc) is 3.19. The maximum absolute atomic E-state index is 12.8. The van der Waals surface area contributed by atoms with Gasteiger partial charge in [-0.25, -0.2) is 16.8 Å². The number of benzene rings is 2. The average molecular weight is 425 g/mol. The van der Waals surface area contributed by atoms with Gasteiger partial charge in [-0.15, -0.1) is 0 Å². The molecule has 0 aliphatic carbocycles. The van der Waals surface area contributed by atoms with Crippen molar-refractivity contribution in [2.24, 2.45) is 0 Å². The highest BCUT2D eigenvalue weighted by Gasteiger charge is 2.27. The second-order valence-corrected chi connectivity index (χ2v) is 10.4. The largest absolute Gasteiger partial charge is 0.496 e. The molecule has 2 aromatic rings. The highest BCUT2D eigenvalue weighted by atomic mass is 32.2. The zero-order chi connectivity index (χ0) is 20.5. The minimum absolute atomic E-state index is 0.152. The molecule has 1 heterocycles. The second kappa shape index (κ2) is 7.73. The van der Waals surface area contributed by atoms with Gasteiger partial charge in [0, 0.05) is 18.8 Å². The summed E-state index contributed by atoms with van der Waals surface area (Å²) < 4.78 is 59.9. The Bertz CT molecular complexity index is 1070. The number of methoxy groups -OCH3 is 1. The van der Waals surface area contributed by atoms with Crippen LogP contribution in [0.2, 0.25) is 0 Å². The van der Waals surface area contributed by atoms with Crippen molar-refractivity contribution in [3.8, 4) is 5.75 Å². The van der Waals surface area contributed by atoms with Gasteiger partial charge in [-0.05, 0) is 74.2 Å². The molecule has 0 spiro atoms. The number of hydrogen-bond donors (Lipinski definition) is 1. The van der Waals surface area contributed by atoms with Gasteiger partial charge in [0.25, 0.3) is 10.0 Å². The van der Waals surface area contributed by atoms with E-state index in [0.29, 0.717) is 35.7 Å². The van der Waals surface area contributed by atoms with Gasteiger partial charge in [0.15, 0.2) is 0 Å². The summed E-state index contributed by atoms with van der Waals surface area (Å²) in [6, 6.07) is 9.02. The molecule has 3 rings (SSSR count). The number of ether oxygens (including phenoxy) is 1. The molecule has 1 saturated heterocycles. The molecule has 0 amide bonds. The van der Waals surface area contributed by atoms with E-state index in [9.17, 15) is 16.8 Å². The highest BCUT2D eigenvalue weighted by Crippen LogP contribution is 2.28. The fourth-order valence-electron chi connectivity index (χ4n) is 3.26. The number of sulfonamides is 2. The van der Waals surface area contributed by atoms with Crippen LogP contribution in [0.1, 0.15) is 24.0 Å². The Morgan fingerprint density at radius 1 is 0.929 bits per heavy atom. The van der Waals surface area contributed by atoms with Crippen LogP contribution >= 0.6 is 0 Å². The van der Waals surface area contributed by atoms with Gasteiger partial charge in [0.1, 0.15) is 5.75 Å². The highest BCUT2D eigenvalue weighted by molar-refractivity contribution is 7.92. The van der Waals surface area contributed by atoms with E-state index in [1.807, 2.05) is 0 Å². The Balaban J connectivity index is 1.85. The molecule has 152 valence electrons. The first-order valence-corrected chi connectivity index (χ1v) is 11.9. The molecule has 0 unspecified atom stereocenters. The Morgan fingerprint density at radius 2 is 1.54 bits per heavy atom. The smallest absolute Gasteiger partial charge is 0.262 e. The standard InChI is InChI=1S/C19H24N2O5S2/c1-14-13-19(15(2)12-18(14)26-3)27(22,23)20-16-6-8-17(9-7-16)28(24,25)21-10-4-5-11-21/h6-9,12-13,20H,4-5,10-11H2,1-3H3. The number of nitrogens with zero attached hydrogens (tertiary/aromatic N) is 1. The summed E-state index contributed by atoms with van der Waals surface area (Å²) >= 11 is 0. The van der Waals surface area contributed by atoms with Crippen molar-refractivity contribution in [3.63, 3.8) is 0 Å². The maximum Gasteiger partial charge on any atom is 0.262 e. The van der Waals surface area contributed by atoms with Crippen molar-refractivity contribution < 1.29 is 21.6 Å². The summed E-state index contributed by atoms with van der Waals surface area (Å²) in [6.07, 6.45) is 1.72. The van der Waals surface area contributed by atoms with E-state index in [0.717, 1.165) is 12.8 Å². The second-order valence-electron chi connectivity index (χ2n) is 6.83. The van der Waals surface area contributed by atoms with Crippen molar-refractivity contribution in [3.05, 3.63) is 47.5 Å². The van der Waals surface area contributed by atoms with Gasteiger partial charge in [0.2, 0.25) is 10.0 Å². The zero-order valence-corrected chi connectivity index (χ0v) is 17.7. The molecular formula is C19H24N2O5S2. The molecule has 1 aliphatic rings. The van der Waals surface area contributed by atoms with Crippen LogP contribution < -0.4 is 9.46 Å². The third-order valence-electron chi connectivity index (χ3n) is 4.79. The molecule has 0 aromatic heterocycles. The lowest BCUT2D eigenvalue weighted by molar-refractivity contribution is 0.411. The molecule has 7 nitrogen and oxygen atoms in total. The monoisotopic (exact) mass is 424 g/mol. The van der Waals surface area contributed by atoms with Crippen LogP contribution in [0.25, 0.3) is 0 Å². The van der Waals surface area contributed by atoms with Crippen LogP contribution in [0.15, 0.2) is 46.2 Å². The first kappa shape index (κ1) is 20.6. The molecule has 0 bridgehead atoms. The van der Waals surface area contributed by atoms with E-state index in [2.05, 4.69) is 4.72 Å². The first-order valence-electron chi connectivity index (χ1n) is 8.93. The Hall–Kier alpha value is -2.10. The van der Waals surface area contributed by atoms with E-state index in [1.54, 1.807) is 26.0 Å². The van der Waals surface area contributed by atoms with E-state index in [1.165, 1.54) is 35.7 Å². The summed E-state index contributed by atoms with van der Waals surface area (Å²) in [5.41, 5.74) is 1.57. The van der Waals surface area contributed by atoms with E-state index in [4.69, 9.17) is 4.74 Å². The Morgan fingerprint density at radius 3 is 2.11 bits per heavy atom. The van der Waals surface area contributed by atoms with Gasteiger partial charge in [0.05, 0.1) is 16.9 Å². The lowest BCUT2D eigenvalue weighted by Gasteiger charge is -2.16. The fraction of sp³-hybridized carbons (Fsp3) is 0.368. The van der Waals surface area contributed by atoms with Crippen LogP contribution in [0.4, 0.5) is 5.69 Å². The lowest BCUT2D eigenvalue weighted by atomic mass is 10.1. The molecule has 2 aromatic carbocycles. The Labute approximate surface area is 166 Å². The van der Waals surface area contributed by atoms with Crippen molar-refractivity contribution in [2.75, 3.05) is 24.9 Å². The van der Waals surface area contributed by atoms with E-state index in [-0.39, 0.29) is 9.79 Å².